The van der Waals surface area contributed by atoms with Crippen molar-refractivity contribution in [3.8, 4) is 0 Å². The smallest absolute Gasteiger partial charge is 0.175 e. The van der Waals surface area contributed by atoms with E-state index < -0.39 is 9.84 Å². The summed E-state index contributed by atoms with van der Waals surface area (Å²) in [6, 6.07) is 14.3. The van der Waals surface area contributed by atoms with Gasteiger partial charge in [0.2, 0.25) is 0 Å². The first-order valence-corrected chi connectivity index (χ1v) is 8.42. The van der Waals surface area contributed by atoms with E-state index in [2.05, 4.69) is 5.32 Å². The zero-order chi connectivity index (χ0) is 14.8. The summed E-state index contributed by atoms with van der Waals surface area (Å²) in [7, 11) is -1.40. The van der Waals surface area contributed by atoms with Gasteiger partial charge in [-0.25, -0.2) is 8.42 Å². The van der Waals surface area contributed by atoms with Crippen molar-refractivity contribution in [3.63, 3.8) is 0 Å². The van der Waals surface area contributed by atoms with Crippen molar-refractivity contribution in [2.45, 2.75) is 10.9 Å². The molecule has 0 saturated heterocycles. The number of sulfone groups is 1. The van der Waals surface area contributed by atoms with Crippen molar-refractivity contribution < 1.29 is 8.42 Å². The van der Waals surface area contributed by atoms with Crippen molar-refractivity contribution in [2.75, 3.05) is 13.3 Å². The lowest BCUT2D eigenvalue weighted by Crippen LogP contribution is -2.18. The van der Waals surface area contributed by atoms with Crippen LogP contribution in [0.2, 0.25) is 5.02 Å². The maximum atomic E-state index is 11.7. The van der Waals surface area contributed by atoms with Crippen LogP contribution in [-0.2, 0) is 9.84 Å². The highest BCUT2D eigenvalue weighted by molar-refractivity contribution is 7.90. The quantitative estimate of drug-likeness (QED) is 0.944. The van der Waals surface area contributed by atoms with Crippen LogP contribution in [0.15, 0.2) is 53.4 Å². The van der Waals surface area contributed by atoms with Gasteiger partial charge in [-0.2, -0.15) is 0 Å². The van der Waals surface area contributed by atoms with Crippen molar-refractivity contribution in [2.24, 2.45) is 0 Å². The fourth-order valence-electron chi connectivity index (χ4n) is 2.14. The van der Waals surface area contributed by atoms with Gasteiger partial charge in [0.1, 0.15) is 0 Å². The molecule has 0 aromatic heterocycles. The predicted octanol–water partition coefficient (Wildman–Crippen LogP) is 3.05. The molecule has 5 heteroatoms. The first-order valence-electron chi connectivity index (χ1n) is 6.15. The van der Waals surface area contributed by atoms with Crippen LogP contribution in [0.5, 0.6) is 0 Å². The molecular formula is C15H16ClNO2S. The number of benzene rings is 2. The van der Waals surface area contributed by atoms with Gasteiger partial charge in [-0.1, -0.05) is 41.9 Å². The lowest BCUT2D eigenvalue weighted by molar-refractivity contribution is 0.601. The molecule has 1 atom stereocenters. The van der Waals surface area contributed by atoms with Crippen LogP contribution in [0.3, 0.4) is 0 Å². The van der Waals surface area contributed by atoms with E-state index >= 15 is 0 Å². The molecule has 20 heavy (non-hydrogen) atoms. The van der Waals surface area contributed by atoms with Crippen LogP contribution in [0.25, 0.3) is 0 Å². The Morgan fingerprint density at radius 1 is 1.10 bits per heavy atom. The van der Waals surface area contributed by atoms with Gasteiger partial charge < -0.3 is 5.32 Å². The molecule has 0 heterocycles. The van der Waals surface area contributed by atoms with Gasteiger partial charge in [-0.15, -0.1) is 0 Å². The largest absolute Gasteiger partial charge is 0.309 e. The van der Waals surface area contributed by atoms with Gasteiger partial charge in [-0.05, 0) is 36.4 Å². The summed E-state index contributed by atoms with van der Waals surface area (Å²) in [5.74, 6) is 0. The third-order valence-electron chi connectivity index (χ3n) is 3.12. The van der Waals surface area contributed by atoms with Gasteiger partial charge in [0.05, 0.1) is 10.9 Å². The van der Waals surface area contributed by atoms with Crippen molar-refractivity contribution in [1.29, 1.82) is 0 Å². The molecule has 0 aliphatic rings. The number of nitrogens with one attached hydrogen (secondary N) is 1. The normalized spacial score (nSPS) is 13.2. The SMILES string of the molecule is CNC(c1cccc(S(C)(=O)=O)c1)c1ccccc1Cl. The number of halogens is 1. The Morgan fingerprint density at radius 3 is 2.40 bits per heavy atom. The second-order valence-electron chi connectivity index (χ2n) is 4.59. The van der Waals surface area contributed by atoms with Crippen LogP contribution in [0, 0.1) is 0 Å². The molecule has 106 valence electrons. The number of hydrogen-bond acceptors (Lipinski definition) is 3. The summed E-state index contributed by atoms with van der Waals surface area (Å²) < 4.78 is 23.3. The van der Waals surface area contributed by atoms with Gasteiger partial charge in [0.25, 0.3) is 0 Å². The lowest BCUT2D eigenvalue weighted by atomic mass is 9.99. The minimum atomic E-state index is -3.22. The highest BCUT2D eigenvalue weighted by Crippen LogP contribution is 2.28. The zero-order valence-electron chi connectivity index (χ0n) is 11.3. The molecule has 0 amide bonds. The Bertz CT molecular complexity index is 713. The Morgan fingerprint density at radius 2 is 1.80 bits per heavy atom. The third-order valence-corrected chi connectivity index (χ3v) is 4.58. The standard InChI is InChI=1S/C15H16ClNO2S/c1-17-15(13-8-3-4-9-14(13)16)11-6-5-7-12(10-11)20(2,18)19/h3-10,15,17H,1-2H3. The van der Waals surface area contributed by atoms with E-state index in [1.165, 1.54) is 6.26 Å². The first kappa shape index (κ1) is 15.0. The van der Waals surface area contributed by atoms with Crippen molar-refractivity contribution in [3.05, 3.63) is 64.7 Å². The fourth-order valence-corrected chi connectivity index (χ4v) is 3.06. The molecule has 0 bridgehead atoms. The molecule has 2 rings (SSSR count). The molecule has 1 unspecified atom stereocenters. The molecular weight excluding hydrogens is 294 g/mol. The van der Waals surface area contributed by atoms with E-state index in [9.17, 15) is 8.42 Å². The second-order valence-corrected chi connectivity index (χ2v) is 7.01. The van der Waals surface area contributed by atoms with E-state index in [4.69, 9.17) is 11.6 Å². The summed E-state index contributed by atoms with van der Waals surface area (Å²) in [5, 5.41) is 3.82. The van der Waals surface area contributed by atoms with E-state index in [0.717, 1.165) is 11.1 Å². The van der Waals surface area contributed by atoms with E-state index in [-0.39, 0.29) is 6.04 Å². The highest BCUT2D eigenvalue weighted by atomic mass is 35.5. The monoisotopic (exact) mass is 309 g/mol. The molecule has 0 aliphatic carbocycles. The molecule has 2 aromatic rings. The van der Waals surface area contributed by atoms with Crippen LogP contribution >= 0.6 is 11.6 Å². The van der Waals surface area contributed by atoms with E-state index in [0.29, 0.717) is 9.92 Å². The molecule has 3 nitrogen and oxygen atoms in total. The predicted molar refractivity (Wildman–Crippen MR) is 81.9 cm³/mol. The topological polar surface area (TPSA) is 46.2 Å². The average molecular weight is 310 g/mol. The Hall–Kier alpha value is -1.36. The van der Waals surface area contributed by atoms with Crippen molar-refractivity contribution in [1.82, 2.24) is 5.32 Å². The van der Waals surface area contributed by atoms with Crippen LogP contribution < -0.4 is 5.32 Å². The lowest BCUT2D eigenvalue weighted by Gasteiger charge is -2.19. The summed E-state index contributed by atoms with van der Waals surface area (Å²) in [6.45, 7) is 0. The molecule has 0 spiro atoms. The van der Waals surface area contributed by atoms with E-state index in [1.54, 1.807) is 18.2 Å². The highest BCUT2D eigenvalue weighted by Gasteiger charge is 2.16. The van der Waals surface area contributed by atoms with Crippen LogP contribution in [0.4, 0.5) is 0 Å². The van der Waals surface area contributed by atoms with Crippen molar-refractivity contribution >= 4 is 21.4 Å². The maximum Gasteiger partial charge on any atom is 0.175 e. The Labute approximate surface area is 124 Å². The average Bonchev–Trinajstić information content (AvgIpc) is 2.41. The number of rotatable bonds is 4. The molecule has 0 saturated carbocycles. The van der Waals surface area contributed by atoms with Gasteiger partial charge in [-0.3, -0.25) is 0 Å². The molecule has 1 N–H and O–H groups in total. The number of hydrogen-bond donors (Lipinski definition) is 1. The van der Waals surface area contributed by atoms with Crippen LogP contribution in [0.1, 0.15) is 17.2 Å². The van der Waals surface area contributed by atoms with E-state index in [1.807, 2.05) is 37.4 Å². The minimum Gasteiger partial charge on any atom is -0.309 e. The summed E-state index contributed by atoms with van der Waals surface area (Å²) in [4.78, 5) is 0.308. The summed E-state index contributed by atoms with van der Waals surface area (Å²) in [5.41, 5.74) is 1.78. The van der Waals surface area contributed by atoms with Gasteiger partial charge in [0.15, 0.2) is 9.84 Å². The molecule has 2 aromatic carbocycles. The first-order chi connectivity index (χ1) is 9.43. The molecule has 0 fully saturated rings. The molecule has 0 radical (unpaired) electrons. The second kappa shape index (κ2) is 5.95. The Kier molecular flexibility index (Phi) is 4.48. The molecule has 0 aliphatic heterocycles. The van der Waals surface area contributed by atoms with Gasteiger partial charge >= 0.3 is 0 Å². The maximum absolute atomic E-state index is 11.7. The summed E-state index contributed by atoms with van der Waals surface area (Å²) >= 11 is 6.22. The minimum absolute atomic E-state index is 0.148. The van der Waals surface area contributed by atoms with Gasteiger partial charge in [0, 0.05) is 11.3 Å². The zero-order valence-corrected chi connectivity index (χ0v) is 12.9. The summed E-state index contributed by atoms with van der Waals surface area (Å²) in [6.07, 6.45) is 1.20. The third kappa shape index (κ3) is 3.20. The van der Waals surface area contributed by atoms with Crippen LogP contribution in [-0.4, -0.2) is 21.7 Å². The Balaban J connectivity index is 2.51. The fraction of sp³-hybridized carbons (Fsp3) is 0.200.